The van der Waals surface area contributed by atoms with E-state index in [9.17, 15) is 18.0 Å². The number of rotatable bonds is 3. The first-order chi connectivity index (χ1) is 8.90. The van der Waals surface area contributed by atoms with Gasteiger partial charge in [-0.15, -0.1) is 11.8 Å². The maximum Gasteiger partial charge on any atom is 0.439 e. The topological polar surface area (TPSA) is 51.0 Å². The smallest absolute Gasteiger partial charge is 0.439 e. The standard InChI is InChI=1S/C10H11F3N2O2S2/c1-17-8(16)6-4-18-7(15-6)2-5-3-14-9(19-5)10(11,12)13/h5-6H,2-4H2,1H3. The van der Waals surface area contributed by atoms with Gasteiger partial charge in [0.15, 0.2) is 11.1 Å². The second-order valence-electron chi connectivity index (χ2n) is 3.96. The van der Waals surface area contributed by atoms with Crippen molar-refractivity contribution in [1.82, 2.24) is 0 Å². The molecule has 2 aliphatic heterocycles. The van der Waals surface area contributed by atoms with Gasteiger partial charge in [-0.05, 0) is 0 Å². The Morgan fingerprint density at radius 1 is 1.53 bits per heavy atom. The van der Waals surface area contributed by atoms with Crippen LogP contribution in [0.15, 0.2) is 9.98 Å². The predicted octanol–water partition coefficient (Wildman–Crippen LogP) is 2.14. The van der Waals surface area contributed by atoms with E-state index in [2.05, 4.69) is 14.7 Å². The number of nitrogens with zero attached hydrogens (tertiary/aromatic N) is 2. The van der Waals surface area contributed by atoms with Crippen LogP contribution in [0.2, 0.25) is 0 Å². The number of alkyl halides is 3. The lowest BCUT2D eigenvalue weighted by atomic mass is 10.3. The van der Waals surface area contributed by atoms with Gasteiger partial charge in [-0.1, -0.05) is 11.8 Å². The summed E-state index contributed by atoms with van der Waals surface area (Å²) in [6, 6.07) is -0.528. The number of thioether (sulfide) groups is 2. The number of esters is 1. The molecular weight excluding hydrogens is 301 g/mol. The van der Waals surface area contributed by atoms with Crippen LogP contribution in [-0.4, -0.2) is 52.9 Å². The maximum atomic E-state index is 12.4. The van der Waals surface area contributed by atoms with Gasteiger partial charge in [-0.2, -0.15) is 13.2 Å². The molecule has 19 heavy (non-hydrogen) atoms. The Balaban J connectivity index is 1.87. The molecule has 0 aromatic heterocycles. The molecule has 2 unspecified atom stereocenters. The van der Waals surface area contributed by atoms with Gasteiger partial charge < -0.3 is 4.74 Å². The zero-order chi connectivity index (χ0) is 14.0. The summed E-state index contributed by atoms with van der Waals surface area (Å²) in [7, 11) is 1.29. The summed E-state index contributed by atoms with van der Waals surface area (Å²) < 4.78 is 41.8. The van der Waals surface area contributed by atoms with Crippen LogP contribution in [0.1, 0.15) is 6.42 Å². The summed E-state index contributed by atoms with van der Waals surface area (Å²) in [5, 5.41) is -0.323. The molecule has 0 aromatic rings. The van der Waals surface area contributed by atoms with Gasteiger partial charge in [0.05, 0.1) is 18.7 Å². The van der Waals surface area contributed by atoms with Gasteiger partial charge in [-0.3, -0.25) is 9.98 Å². The molecule has 0 saturated carbocycles. The first kappa shape index (κ1) is 14.7. The van der Waals surface area contributed by atoms with Crippen molar-refractivity contribution < 1.29 is 22.7 Å². The molecule has 106 valence electrons. The summed E-state index contributed by atoms with van der Waals surface area (Å²) in [5.41, 5.74) is 0. The number of halogens is 3. The minimum atomic E-state index is -4.36. The van der Waals surface area contributed by atoms with E-state index in [-0.39, 0.29) is 11.8 Å². The summed E-state index contributed by atoms with van der Waals surface area (Å²) in [5.74, 6) is 0.0839. The van der Waals surface area contributed by atoms with Gasteiger partial charge >= 0.3 is 12.1 Å². The van der Waals surface area contributed by atoms with Crippen LogP contribution >= 0.6 is 23.5 Å². The fourth-order valence-electron chi connectivity index (χ4n) is 1.67. The zero-order valence-corrected chi connectivity index (χ0v) is 11.6. The van der Waals surface area contributed by atoms with Crippen molar-refractivity contribution in [2.75, 3.05) is 19.4 Å². The average Bonchev–Trinajstić information content (AvgIpc) is 2.97. The van der Waals surface area contributed by atoms with E-state index in [1.807, 2.05) is 0 Å². The van der Waals surface area contributed by atoms with Crippen LogP contribution < -0.4 is 0 Å². The first-order valence-electron chi connectivity index (χ1n) is 5.45. The lowest BCUT2D eigenvalue weighted by Gasteiger charge is -2.08. The third-order valence-electron chi connectivity index (χ3n) is 2.54. The van der Waals surface area contributed by atoms with Gasteiger partial charge in [0.25, 0.3) is 0 Å². The highest BCUT2D eigenvalue weighted by molar-refractivity contribution is 8.16. The number of hydrogen-bond donors (Lipinski definition) is 0. The van der Waals surface area contributed by atoms with Crippen molar-refractivity contribution in [3.63, 3.8) is 0 Å². The molecule has 0 bridgehead atoms. The molecule has 2 rings (SSSR count). The lowest BCUT2D eigenvalue weighted by Crippen LogP contribution is -2.20. The molecule has 2 atom stereocenters. The average molecular weight is 312 g/mol. The summed E-state index contributed by atoms with van der Waals surface area (Å²) in [4.78, 5) is 18.9. The molecule has 0 N–H and O–H groups in total. The largest absolute Gasteiger partial charge is 0.467 e. The molecule has 0 radical (unpaired) electrons. The van der Waals surface area contributed by atoms with Crippen molar-refractivity contribution in [3.8, 4) is 0 Å². The Bertz CT molecular complexity index is 437. The summed E-state index contributed by atoms with van der Waals surface area (Å²) >= 11 is 2.13. The summed E-state index contributed by atoms with van der Waals surface area (Å²) in [6.07, 6.45) is -3.95. The van der Waals surface area contributed by atoms with E-state index in [1.165, 1.54) is 18.9 Å². The number of carbonyl (C=O) groups excluding carboxylic acids is 1. The minimum Gasteiger partial charge on any atom is -0.467 e. The predicted molar refractivity (Wildman–Crippen MR) is 70.1 cm³/mol. The Morgan fingerprint density at radius 3 is 2.84 bits per heavy atom. The number of hydrogen-bond acceptors (Lipinski definition) is 6. The summed E-state index contributed by atoms with van der Waals surface area (Å²) in [6.45, 7) is 0.141. The molecule has 0 saturated heterocycles. The van der Waals surface area contributed by atoms with Gasteiger partial charge in [0.2, 0.25) is 0 Å². The van der Waals surface area contributed by atoms with Gasteiger partial charge in [-0.25, -0.2) is 4.79 Å². The molecule has 2 heterocycles. The maximum absolute atomic E-state index is 12.4. The number of carbonyl (C=O) groups is 1. The van der Waals surface area contributed by atoms with Crippen LogP contribution in [0, 0.1) is 0 Å². The van der Waals surface area contributed by atoms with Gasteiger partial charge in [0, 0.05) is 17.4 Å². The molecule has 0 fully saturated rings. The van der Waals surface area contributed by atoms with Crippen LogP contribution in [0.25, 0.3) is 0 Å². The molecular formula is C10H11F3N2O2S2. The Kier molecular flexibility index (Phi) is 4.44. The van der Waals surface area contributed by atoms with Crippen molar-refractivity contribution >= 4 is 39.6 Å². The SMILES string of the molecule is COC(=O)C1CSC(CC2CN=C(C(F)(F)F)S2)=N1. The Morgan fingerprint density at radius 2 is 2.26 bits per heavy atom. The lowest BCUT2D eigenvalue weighted by molar-refractivity contribution is -0.141. The molecule has 0 amide bonds. The monoisotopic (exact) mass is 312 g/mol. The van der Waals surface area contributed by atoms with Crippen molar-refractivity contribution in [1.29, 1.82) is 0 Å². The second-order valence-corrected chi connectivity index (χ2v) is 6.34. The molecule has 4 nitrogen and oxygen atoms in total. The van der Waals surface area contributed by atoms with E-state index >= 15 is 0 Å². The van der Waals surface area contributed by atoms with Crippen molar-refractivity contribution in [3.05, 3.63) is 0 Å². The highest BCUT2D eigenvalue weighted by atomic mass is 32.2. The highest BCUT2D eigenvalue weighted by Crippen LogP contribution is 2.35. The minimum absolute atomic E-state index is 0.141. The van der Waals surface area contributed by atoms with E-state index in [1.54, 1.807) is 0 Å². The second kappa shape index (κ2) is 5.74. The van der Waals surface area contributed by atoms with E-state index < -0.39 is 23.2 Å². The van der Waals surface area contributed by atoms with E-state index in [0.717, 1.165) is 11.8 Å². The normalized spacial score (nSPS) is 27.2. The third-order valence-corrected chi connectivity index (χ3v) is 4.86. The Hall–Kier alpha value is -0.700. The van der Waals surface area contributed by atoms with Gasteiger partial charge in [0.1, 0.15) is 0 Å². The number of methoxy groups -OCH3 is 1. The molecule has 0 spiro atoms. The first-order valence-corrected chi connectivity index (χ1v) is 7.32. The van der Waals surface area contributed by atoms with E-state index in [0.29, 0.717) is 17.2 Å². The zero-order valence-electron chi connectivity index (χ0n) is 9.94. The quantitative estimate of drug-likeness (QED) is 0.749. The molecule has 2 aliphatic rings. The molecule has 0 aromatic carbocycles. The van der Waals surface area contributed by atoms with Crippen LogP contribution in [0.4, 0.5) is 13.2 Å². The number of ether oxygens (including phenoxy) is 1. The number of aliphatic imine (C=N–C) groups is 2. The molecule has 9 heteroatoms. The van der Waals surface area contributed by atoms with Crippen LogP contribution in [0.5, 0.6) is 0 Å². The van der Waals surface area contributed by atoms with E-state index in [4.69, 9.17) is 0 Å². The van der Waals surface area contributed by atoms with Crippen molar-refractivity contribution in [2.45, 2.75) is 23.9 Å². The van der Waals surface area contributed by atoms with Crippen LogP contribution in [-0.2, 0) is 9.53 Å². The fraction of sp³-hybridized carbons (Fsp3) is 0.700. The fourth-order valence-corrected chi connectivity index (χ4v) is 3.84. The molecule has 0 aliphatic carbocycles. The van der Waals surface area contributed by atoms with Crippen molar-refractivity contribution in [2.24, 2.45) is 9.98 Å². The highest BCUT2D eigenvalue weighted by Gasteiger charge is 2.41. The Labute approximate surface area is 116 Å². The van der Waals surface area contributed by atoms with Crippen LogP contribution in [0.3, 0.4) is 0 Å². The third kappa shape index (κ3) is 3.65.